The van der Waals surface area contributed by atoms with Crippen molar-refractivity contribution < 1.29 is 14.6 Å². The predicted molar refractivity (Wildman–Crippen MR) is 147 cm³/mol. The largest absolute Gasteiger partial charge is 0.466 e. The summed E-state index contributed by atoms with van der Waals surface area (Å²) in [7, 11) is 0. The van der Waals surface area contributed by atoms with Crippen molar-refractivity contribution in [2.75, 3.05) is 6.61 Å². The maximum atomic E-state index is 12.0. The maximum Gasteiger partial charge on any atom is 0.305 e. The Morgan fingerprint density at radius 2 is 2.00 bits per heavy atom. The van der Waals surface area contributed by atoms with Gasteiger partial charge in [-0.25, -0.2) is 0 Å². The SMILES string of the molecule is CCOC(=O)CCC(C)C1CCC2C3CCC4CC(NCc5ccccn5)CCC4(C)C3CC(O)C12C. The van der Waals surface area contributed by atoms with Gasteiger partial charge in [0.05, 0.1) is 18.4 Å². The molecule has 0 amide bonds. The van der Waals surface area contributed by atoms with E-state index in [2.05, 4.69) is 43.2 Å². The lowest BCUT2D eigenvalue weighted by molar-refractivity contribution is -0.170. The Morgan fingerprint density at radius 1 is 1.16 bits per heavy atom. The number of hydrogen-bond donors (Lipinski definition) is 2. The highest BCUT2D eigenvalue weighted by Crippen LogP contribution is 2.68. The van der Waals surface area contributed by atoms with Gasteiger partial charge in [0, 0.05) is 25.2 Å². The topological polar surface area (TPSA) is 71.5 Å². The fourth-order valence-electron chi connectivity index (χ4n) is 9.90. The number of nitrogens with one attached hydrogen (secondary N) is 1. The number of aromatic nitrogens is 1. The molecule has 5 heteroatoms. The summed E-state index contributed by atoms with van der Waals surface area (Å²) in [6.07, 6.45) is 12.9. The third-order valence-electron chi connectivity index (χ3n) is 11.9. The van der Waals surface area contributed by atoms with E-state index in [0.717, 1.165) is 36.9 Å². The van der Waals surface area contributed by atoms with Gasteiger partial charge >= 0.3 is 5.97 Å². The molecular weight excluding hydrogens is 460 g/mol. The average Bonchev–Trinajstić information content (AvgIpc) is 3.26. The van der Waals surface area contributed by atoms with E-state index in [1.807, 2.05) is 19.2 Å². The van der Waals surface area contributed by atoms with Crippen molar-refractivity contribution >= 4 is 5.97 Å². The number of aliphatic hydroxyl groups excluding tert-OH is 1. The van der Waals surface area contributed by atoms with Gasteiger partial charge in [-0.15, -0.1) is 0 Å². The Hall–Kier alpha value is -1.46. The van der Waals surface area contributed by atoms with Crippen LogP contribution in [0.15, 0.2) is 24.4 Å². The van der Waals surface area contributed by atoms with Crippen molar-refractivity contribution in [2.45, 2.75) is 111 Å². The number of hydrogen-bond acceptors (Lipinski definition) is 5. The zero-order chi connectivity index (χ0) is 26.2. The Balaban J connectivity index is 1.24. The highest BCUT2D eigenvalue weighted by atomic mass is 16.5. The van der Waals surface area contributed by atoms with Crippen molar-refractivity contribution in [2.24, 2.45) is 46.3 Å². The molecular formula is C32H50N2O3. The molecule has 0 aliphatic heterocycles. The summed E-state index contributed by atoms with van der Waals surface area (Å²) in [5.41, 5.74) is 1.46. The minimum atomic E-state index is -0.230. The lowest BCUT2D eigenvalue weighted by Gasteiger charge is -2.62. The van der Waals surface area contributed by atoms with Crippen molar-refractivity contribution in [1.29, 1.82) is 0 Å². The Bertz CT molecular complexity index is 924. The van der Waals surface area contributed by atoms with Crippen molar-refractivity contribution in [3.05, 3.63) is 30.1 Å². The molecule has 4 aliphatic carbocycles. The zero-order valence-electron chi connectivity index (χ0n) is 23.6. The Morgan fingerprint density at radius 3 is 2.76 bits per heavy atom. The van der Waals surface area contributed by atoms with Gasteiger partial charge < -0.3 is 15.2 Å². The van der Waals surface area contributed by atoms with Gasteiger partial charge in [-0.2, -0.15) is 0 Å². The molecule has 0 saturated heterocycles. The van der Waals surface area contributed by atoms with Crippen LogP contribution in [0.1, 0.15) is 97.6 Å². The first kappa shape index (κ1) is 27.1. The Kier molecular flexibility index (Phi) is 8.03. The Labute approximate surface area is 224 Å². The summed E-state index contributed by atoms with van der Waals surface area (Å²) in [6, 6.07) is 6.73. The molecule has 4 fully saturated rings. The molecule has 1 aromatic heterocycles. The number of aliphatic hydroxyl groups is 1. The normalized spacial score (nSPS) is 41.8. The quantitative estimate of drug-likeness (QED) is 0.411. The molecule has 10 atom stereocenters. The van der Waals surface area contributed by atoms with Crippen molar-refractivity contribution in [3.63, 3.8) is 0 Å². The lowest BCUT2D eigenvalue weighted by Crippen LogP contribution is -2.59. The molecule has 37 heavy (non-hydrogen) atoms. The van der Waals surface area contributed by atoms with Gasteiger partial charge in [-0.3, -0.25) is 9.78 Å². The molecule has 10 unspecified atom stereocenters. The molecule has 0 spiro atoms. The fraction of sp³-hybridized carbons (Fsp3) is 0.812. The number of carbonyl (C=O) groups excluding carboxylic acids is 1. The standard InChI is InChI=1S/C32H50N2O3/c1-5-37-30(36)14-9-21(2)26-12-13-27-25-11-10-22-18-23(34-20-24-8-6-7-17-33-24)15-16-31(22,3)28(25)19-29(35)32(26,27)4/h6-8,17,21-23,25-29,34-35H,5,9-16,18-20H2,1-4H3. The van der Waals surface area contributed by atoms with E-state index in [-0.39, 0.29) is 17.5 Å². The first-order valence-electron chi connectivity index (χ1n) is 15.2. The van der Waals surface area contributed by atoms with Crippen LogP contribution in [-0.2, 0) is 16.1 Å². The molecule has 5 nitrogen and oxygen atoms in total. The van der Waals surface area contributed by atoms with E-state index < -0.39 is 0 Å². The molecule has 1 heterocycles. The molecule has 5 rings (SSSR count). The van der Waals surface area contributed by atoms with Crippen molar-refractivity contribution in [1.82, 2.24) is 10.3 Å². The summed E-state index contributed by atoms with van der Waals surface area (Å²) in [4.78, 5) is 16.5. The van der Waals surface area contributed by atoms with E-state index in [0.29, 0.717) is 48.2 Å². The minimum Gasteiger partial charge on any atom is -0.466 e. The summed E-state index contributed by atoms with van der Waals surface area (Å²) in [5, 5.41) is 15.6. The van der Waals surface area contributed by atoms with E-state index in [4.69, 9.17) is 4.74 Å². The molecule has 0 aromatic carbocycles. The van der Waals surface area contributed by atoms with E-state index in [9.17, 15) is 9.90 Å². The minimum absolute atomic E-state index is 0.0140. The van der Waals surface area contributed by atoms with E-state index >= 15 is 0 Å². The van der Waals surface area contributed by atoms with Crippen LogP contribution in [0.25, 0.3) is 0 Å². The third-order valence-corrected chi connectivity index (χ3v) is 11.9. The first-order valence-corrected chi connectivity index (χ1v) is 15.2. The van der Waals surface area contributed by atoms with Crippen LogP contribution in [-0.4, -0.2) is 34.8 Å². The van der Waals surface area contributed by atoms with Gasteiger partial charge in [0.2, 0.25) is 0 Å². The van der Waals surface area contributed by atoms with Gasteiger partial charge in [0.25, 0.3) is 0 Å². The number of ether oxygens (including phenoxy) is 1. The van der Waals surface area contributed by atoms with Gasteiger partial charge in [0.15, 0.2) is 0 Å². The monoisotopic (exact) mass is 510 g/mol. The number of nitrogens with zero attached hydrogens (tertiary/aromatic N) is 1. The van der Waals surface area contributed by atoms with Crippen LogP contribution in [0.2, 0.25) is 0 Å². The number of pyridine rings is 1. The molecule has 4 aliphatic rings. The lowest BCUT2D eigenvalue weighted by atomic mass is 9.43. The second-order valence-electron chi connectivity index (χ2n) is 13.5. The number of fused-ring (bicyclic) bond motifs is 5. The number of esters is 1. The second-order valence-corrected chi connectivity index (χ2v) is 13.5. The first-order chi connectivity index (χ1) is 17.8. The summed E-state index contributed by atoms with van der Waals surface area (Å²) >= 11 is 0. The predicted octanol–water partition coefficient (Wildman–Crippen LogP) is 6.15. The highest BCUT2D eigenvalue weighted by molar-refractivity contribution is 5.69. The average molecular weight is 511 g/mol. The molecule has 2 N–H and O–H groups in total. The van der Waals surface area contributed by atoms with Crippen LogP contribution in [0.4, 0.5) is 0 Å². The van der Waals surface area contributed by atoms with E-state index in [1.54, 1.807) is 0 Å². The highest BCUT2D eigenvalue weighted by Gasteiger charge is 2.63. The van der Waals surface area contributed by atoms with Crippen LogP contribution in [0.3, 0.4) is 0 Å². The van der Waals surface area contributed by atoms with Crippen LogP contribution in [0, 0.1) is 46.3 Å². The summed E-state index contributed by atoms with van der Waals surface area (Å²) in [5.74, 6) is 3.63. The van der Waals surface area contributed by atoms with Crippen LogP contribution >= 0.6 is 0 Å². The summed E-state index contributed by atoms with van der Waals surface area (Å²) in [6.45, 7) is 10.5. The fourth-order valence-corrected chi connectivity index (χ4v) is 9.90. The van der Waals surface area contributed by atoms with Gasteiger partial charge in [0.1, 0.15) is 0 Å². The zero-order valence-corrected chi connectivity index (χ0v) is 23.6. The van der Waals surface area contributed by atoms with Crippen molar-refractivity contribution in [3.8, 4) is 0 Å². The molecule has 0 radical (unpaired) electrons. The van der Waals surface area contributed by atoms with Crippen LogP contribution < -0.4 is 5.32 Å². The maximum absolute atomic E-state index is 12.0. The molecule has 206 valence electrons. The molecule has 1 aromatic rings. The van der Waals surface area contributed by atoms with E-state index in [1.165, 1.54) is 44.9 Å². The van der Waals surface area contributed by atoms with Gasteiger partial charge in [-0.05, 0) is 123 Å². The number of rotatable bonds is 8. The summed E-state index contributed by atoms with van der Waals surface area (Å²) < 4.78 is 5.19. The number of carbonyl (C=O) groups is 1. The molecule has 4 saturated carbocycles. The van der Waals surface area contributed by atoms with Crippen LogP contribution in [0.5, 0.6) is 0 Å². The van der Waals surface area contributed by atoms with Gasteiger partial charge in [-0.1, -0.05) is 26.8 Å². The smallest absolute Gasteiger partial charge is 0.305 e. The second kappa shape index (κ2) is 11.0. The molecule has 0 bridgehead atoms. The third kappa shape index (κ3) is 5.00.